The molecule has 0 aromatic carbocycles. The van der Waals surface area contributed by atoms with Crippen LogP contribution in [0.25, 0.3) is 0 Å². The van der Waals surface area contributed by atoms with Crippen molar-refractivity contribution in [1.82, 2.24) is 9.97 Å². The molecule has 0 aliphatic heterocycles. The van der Waals surface area contributed by atoms with E-state index in [1.165, 1.54) is 12.4 Å². The molecule has 2 rings (SSSR count). The molecule has 2 aromatic heterocycles. The van der Waals surface area contributed by atoms with E-state index in [0.717, 1.165) is 0 Å². The highest BCUT2D eigenvalue weighted by atomic mass is 16.4. The van der Waals surface area contributed by atoms with E-state index in [9.17, 15) is 4.79 Å². The number of rotatable bonds is 3. The van der Waals surface area contributed by atoms with Crippen molar-refractivity contribution < 1.29 is 10.0 Å². The maximum absolute atomic E-state index is 12.0. The van der Waals surface area contributed by atoms with Gasteiger partial charge in [0, 0.05) is 24.2 Å². The lowest BCUT2D eigenvalue weighted by molar-refractivity contribution is 0.106. The maximum Gasteiger partial charge on any atom is 0.218 e. The van der Waals surface area contributed by atoms with E-state index in [2.05, 4.69) is 15.1 Å². The van der Waals surface area contributed by atoms with Crippen molar-refractivity contribution in [3.63, 3.8) is 0 Å². The van der Waals surface area contributed by atoms with Gasteiger partial charge in [0.15, 0.2) is 5.71 Å². The summed E-state index contributed by atoms with van der Waals surface area (Å²) in [5, 5.41) is 11.9. The average molecular weight is 227 g/mol. The van der Waals surface area contributed by atoms with Gasteiger partial charge in [0.1, 0.15) is 0 Å². The van der Waals surface area contributed by atoms with Gasteiger partial charge in [-0.3, -0.25) is 14.8 Å². The number of hydrogen-bond donors (Lipinski definition) is 1. The standard InChI is InChI=1S/C12H9N3O2/c16-12(9-4-3-6-13-8-9)11(15-17)10-5-1-2-7-14-10/h1-8,17H. The number of hydrogen-bond acceptors (Lipinski definition) is 5. The van der Waals surface area contributed by atoms with E-state index in [1.807, 2.05) is 0 Å². The smallest absolute Gasteiger partial charge is 0.218 e. The van der Waals surface area contributed by atoms with Crippen LogP contribution in [0.2, 0.25) is 0 Å². The Hall–Kier alpha value is -2.56. The second-order valence-corrected chi connectivity index (χ2v) is 3.23. The summed E-state index contributed by atoms with van der Waals surface area (Å²) in [6, 6.07) is 8.27. The Labute approximate surface area is 97.5 Å². The second kappa shape index (κ2) is 4.98. The van der Waals surface area contributed by atoms with Crippen LogP contribution in [-0.2, 0) is 0 Å². The van der Waals surface area contributed by atoms with Crippen LogP contribution < -0.4 is 0 Å². The van der Waals surface area contributed by atoms with E-state index < -0.39 is 5.78 Å². The SMILES string of the molecule is O=C(C(=NO)c1ccccn1)c1cccnc1. The Morgan fingerprint density at radius 1 is 1.18 bits per heavy atom. The summed E-state index contributed by atoms with van der Waals surface area (Å²) in [7, 11) is 0. The molecule has 0 amide bonds. The first-order valence-corrected chi connectivity index (χ1v) is 4.91. The largest absolute Gasteiger partial charge is 0.410 e. The monoisotopic (exact) mass is 227 g/mol. The molecule has 17 heavy (non-hydrogen) atoms. The molecule has 0 spiro atoms. The fourth-order valence-corrected chi connectivity index (χ4v) is 1.35. The summed E-state index contributed by atoms with van der Waals surface area (Å²) in [4.78, 5) is 19.8. The summed E-state index contributed by atoms with van der Waals surface area (Å²) in [6.45, 7) is 0. The molecule has 0 aliphatic rings. The summed E-state index contributed by atoms with van der Waals surface area (Å²) in [6.07, 6.45) is 4.50. The summed E-state index contributed by atoms with van der Waals surface area (Å²) >= 11 is 0. The molecule has 2 aromatic rings. The molecular weight excluding hydrogens is 218 g/mol. The highest BCUT2D eigenvalue weighted by molar-refractivity contribution is 6.50. The predicted octanol–water partition coefficient (Wildman–Crippen LogP) is 1.54. The molecule has 0 radical (unpaired) electrons. The van der Waals surface area contributed by atoms with Gasteiger partial charge in [-0.05, 0) is 24.3 Å². The van der Waals surface area contributed by atoms with E-state index in [4.69, 9.17) is 5.21 Å². The van der Waals surface area contributed by atoms with Crippen molar-refractivity contribution >= 4 is 11.5 Å². The van der Waals surface area contributed by atoms with Crippen LogP contribution in [0.3, 0.4) is 0 Å². The van der Waals surface area contributed by atoms with Crippen molar-refractivity contribution in [2.45, 2.75) is 0 Å². The minimum Gasteiger partial charge on any atom is -0.410 e. The van der Waals surface area contributed by atoms with Crippen molar-refractivity contribution in [3.8, 4) is 0 Å². The van der Waals surface area contributed by atoms with Crippen molar-refractivity contribution in [3.05, 3.63) is 60.2 Å². The molecule has 0 saturated carbocycles. The zero-order chi connectivity index (χ0) is 12.1. The van der Waals surface area contributed by atoms with Gasteiger partial charge < -0.3 is 5.21 Å². The van der Waals surface area contributed by atoms with Crippen molar-refractivity contribution in [1.29, 1.82) is 0 Å². The van der Waals surface area contributed by atoms with Gasteiger partial charge in [-0.15, -0.1) is 0 Å². The Morgan fingerprint density at radius 3 is 2.65 bits per heavy atom. The first-order chi connectivity index (χ1) is 8.33. The number of carbonyl (C=O) groups excluding carboxylic acids is 1. The van der Waals surface area contributed by atoms with E-state index >= 15 is 0 Å². The molecule has 84 valence electrons. The van der Waals surface area contributed by atoms with Gasteiger partial charge in [0.25, 0.3) is 0 Å². The summed E-state index contributed by atoms with van der Waals surface area (Å²) in [5.41, 5.74) is 0.577. The third-order valence-electron chi connectivity index (χ3n) is 2.15. The van der Waals surface area contributed by atoms with Crippen molar-refractivity contribution in [2.24, 2.45) is 5.16 Å². The fourth-order valence-electron chi connectivity index (χ4n) is 1.35. The number of ketones is 1. The van der Waals surface area contributed by atoms with E-state index in [1.54, 1.807) is 36.5 Å². The van der Waals surface area contributed by atoms with Crippen LogP contribution in [-0.4, -0.2) is 26.7 Å². The quantitative estimate of drug-likeness (QED) is 0.373. The van der Waals surface area contributed by atoms with Crippen molar-refractivity contribution in [2.75, 3.05) is 0 Å². The van der Waals surface area contributed by atoms with E-state index in [0.29, 0.717) is 11.3 Å². The van der Waals surface area contributed by atoms with Gasteiger partial charge in [-0.25, -0.2) is 0 Å². The van der Waals surface area contributed by atoms with Gasteiger partial charge in [0.2, 0.25) is 5.78 Å². The Bertz CT molecular complexity index is 538. The first-order valence-electron chi connectivity index (χ1n) is 4.91. The molecule has 5 nitrogen and oxygen atoms in total. The Morgan fingerprint density at radius 2 is 2.06 bits per heavy atom. The third kappa shape index (κ3) is 2.34. The Kier molecular flexibility index (Phi) is 3.20. The topological polar surface area (TPSA) is 75.4 Å². The number of nitrogens with zero attached hydrogens (tertiary/aromatic N) is 3. The van der Waals surface area contributed by atoms with Crippen LogP contribution in [0.15, 0.2) is 54.1 Å². The number of aromatic nitrogens is 2. The molecule has 0 bridgehead atoms. The maximum atomic E-state index is 12.0. The second-order valence-electron chi connectivity index (χ2n) is 3.23. The van der Waals surface area contributed by atoms with Crippen LogP contribution in [0.5, 0.6) is 0 Å². The van der Waals surface area contributed by atoms with Gasteiger partial charge in [-0.2, -0.15) is 0 Å². The van der Waals surface area contributed by atoms with Crippen LogP contribution in [0.4, 0.5) is 0 Å². The molecular formula is C12H9N3O2. The van der Waals surface area contributed by atoms with Gasteiger partial charge in [-0.1, -0.05) is 11.2 Å². The first kappa shape index (κ1) is 10.9. The number of Topliss-reactive ketones (excluding diaryl/α,β-unsaturated/α-hetero) is 1. The van der Waals surface area contributed by atoms with E-state index in [-0.39, 0.29) is 5.71 Å². The normalized spacial score (nSPS) is 11.2. The zero-order valence-electron chi connectivity index (χ0n) is 8.82. The highest BCUT2D eigenvalue weighted by Crippen LogP contribution is 2.05. The highest BCUT2D eigenvalue weighted by Gasteiger charge is 2.17. The fraction of sp³-hybridized carbons (Fsp3) is 0. The molecule has 2 heterocycles. The zero-order valence-corrected chi connectivity index (χ0v) is 8.82. The number of carbonyl (C=O) groups is 1. The molecule has 0 saturated heterocycles. The summed E-state index contributed by atoms with van der Waals surface area (Å²) < 4.78 is 0. The molecule has 0 aliphatic carbocycles. The Balaban J connectivity index is 2.37. The minimum atomic E-state index is -0.417. The van der Waals surface area contributed by atoms with Crippen LogP contribution in [0, 0.1) is 0 Å². The molecule has 5 heteroatoms. The van der Waals surface area contributed by atoms with Gasteiger partial charge in [0.05, 0.1) is 5.69 Å². The number of pyridine rings is 2. The molecule has 0 unspecified atom stereocenters. The third-order valence-corrected chi connectivity index (χ3v) is 2.15. The lowest BCUT2D eigenvalue weighted by atomic mass is 10.1. The van der Waals surface area contributed by atoms with Gasteiger partial charge >= 0.3 is 0 Å². The van der Waals surface area contributed by atoms with Crippen LogP contribution >= 0.6 is 0 Å². The average Bonchev–Trinajstić information content (AvgIpc) is 2.42. The molecule has 0 atom stereocenters. The minimum absolute atomic E-state index is 0.0985. The lowest BCUT2D eigenvalue weighted by Gasteiger charge is -2.02. The molecule has 1 N–H and O–H groups in total. The summed E-state index contributed by atoms with van der Waals surface area (Å²) in [5.74, 6) is -0.417. The number of oxime groups is 1. The predicted molar refractivity (Wildman–Crippen MR) is 61.1 cm³/mol. The lowest BCUT2D eigenvalue weighted by Crippen LogP contribution is -2.17. The molecule has 0 fully saturated rings. The van der Waals surface area contributed by atoms with Crippen LogP contribution in [0.1, 0.15) is 16.1 Å².